The monoisotopic (exact) mass is 269 g/mol. The van der Waals surface area contributed by atoms with E-state index in [1.165, 1.54) is 12.1 Å². The van der Waals surface area contributed by atoms with E-state index in [-0.39, 0.29) is 12.2 Å². The molecule has 1 aromatic carbocycles. The van der Waals surface area contributed by atoms with Gasteiger partial charge in [0.2, 0.25) is 0 Å². The van der Waals surface area contributed by atoms with E-state index in [9.17, 15) is 9.18 Å². The van der Waals surface area contributed by atoms with Gasteiger partial charge >= 0.3 is 5.97 Å². The zero-order valence-electron chi connectivity index (χ0n) is 11.1. The van der Waals surface area contributed by atoms with E-state index in [0.717, 1.165) is 19.5 Å². The predicted molar refractivity (Wildman–Crippen MR) is 70.9 cm³/mol. The highest BCUT2D eigenvalue weighted by Crippen LogP contribution is 2.10. The molecule has 0 unspecified atom stereocenters. The van der Waals surface area contributed by atoms with Crippen LogP contribution in [0, 0.1) is 5.82 Å². The summed E-state index contributed by atoms with van der Waals surface area (Å²) in [7, 11) is 1.97. The van der Waals surface area contributed by atoms with Crippen LogP contribution in [0.15, 0.2) is 24.3 Å². The number of carboxylic acids is 1. The number of halogens is 1. The third-order valence-electron chi connectivity index (χ3n) is 2.74. The number of ether oxygens (including phenoxy) is 1. The van der Waals surface area contributed by atoms with Crippen LogP contribution >= 0.6 is 0 Å². The molecule has 0 aliphatic heterocycles. The molecule has 1 rings (SSSR count). The van der Waals surface area contributed by atoms with Crippen molar-refractivity contribution in [3.63, 3.8) is 0 Å². The van der Waals surface area contributed by atoms with E-state index in [0.29, 0.717) is 18.8 Å². The number of carbonyl (C=O) groups is 1. The summed E-state index contributed by atoms with van der Waals surface area (Å²) in [5.41, 5.74) is 0. The maximum absolute atomic E-state index is 12.7. The number of rotatable bonds is 9. The molecule has 4 nitrogen and oxygen atoms in total. The minimum atomic E-state index is -0.748. The zero-order valence-corrected chi connectivity index (χ0v) is 11.1. The average molecular weight is 269 g/mol. The van der Waals surface area contributed by atoms with Crippen molar-refractivity contribution in [2.75, 3.05) is 26.7 Å². The van der Waals surface area contributed by atoms with Gasteiger partial charge in [-0.15, -0.1) is 0 Å². The summed E-state index contributed by atoms with van der Waals surface area (Å²) in [6, 6.07) is 5.93. The lowest BCUT2D eigenvalue weighted by Crippen LogP contribution is -2.25. The summed E-state index contributed by atoms with van der Waals surface area (Å²) in [5.74, 6) is -0.370. The number of likely N-dealkylation sites (N-methyl/N-ethyl adjacent to an activating group) is 1. The normalized spacial score (nSPS) is 10.7. The Kier molecular flexibility index (Phi) is 6.89. The fourth-order valence-corrected chi connectivity index (χ4v) is 1.62. The lowest BCUT2D eigenvalue weighted by atomic mass is 10.2. The van der Waals surface area contributed by atoms with Crippen molar-refractivity contribution in [3.8, 4) is 5.75 Å². The van der Waals surface area contributed by atoms with Gasteiger partial charge in [0.25, 0.3) is 0 Å². The highest BCUT2D eigenvalue weighted by molar-refractivity contribution is 5.66. The Morgan fingerprint density at radius 1 is 1.26 bits per heavy atom. The smallest absolute Gasteiger partial charge is 0.303 e. The van der Waals surface area contributed by atoms with Gasteiger partial charge in [0.1, 0.15) is 18.2 Å². The van der Waals surface area contributed by atoms with Crippen molar-refractivity contribution >= 4 is 5.97 Å². The molecule has 0 aliphatic carbocycles. The Bertz CT molecular complexity index is 381. The van der Waals surface area contributed by atoms with Crippen molar-refractivity contribution < 1.29 is 19.0 Å². The van der Waals surface area contributed by atoms with Gasteiger partial charge in [0, 0.05) is 13.0 Å². The van der Waals surface area contributed by atoms with Crippen molar-refractivity contribution in [1.82, 2.24) is 4.90 Å². The summed E-state index contributed by atoms with van der Waals surface area (Å²) in [6.07, 6.45) is 1.78. The van der Waals surface area contributed by atoms with Gasteiger partial charge in [-0.1, -0.05) is 0 Å². The average Bonchev–Trinajstić information content (AvgIpc) is 2.37. The standard InChI is InChI=1S/C14H20FNO3/c1-16(9-3-2-4-14(17)18)10-11-19-13-7-5-12(15)6-8-13/h5-8H,2-4,9-11H2,1H3,(H,17,18). The molecule has 0 aliphatic rings. The van der Waals surface area contributed by atoms with Crippen LogP contribution in [0.1, 0.15) is 19.3 Å². The van der Waals surface area contributed by atoms with Crippen LogP contribution in [0.2, 0.25) is 0 Å². The van der Waals surface area contributed by atoms with E-state index in [1.807, 2.05) is 7.05 Å². The zero-order chi connectivity index (χ0) is 14.1. The van der Waals surface area contributed by atoms with E-state index in [2.05, 4.69) is 4.90 Å². The molecule has 0 saturated carbocycles. The molecule has 5 heteroatoms. The lowest BCUT2D eigenvalue weighted by Gasteiger charge is -2.16. The van der Waals surface area contributed by atoms with Crippen LogP contribution < -0.4 is 4.74 Å². The number of hydrogen-bond donors (Lipinski definition) is 1. The quantitative estimate of drug-likeness (QED) is 0.699. The first kappa shape index (κ1) is 15.4. The molecule has 0 saturated heterocycles. The highest BCUT2D eigenvalue weighted by Gasteiger charge is 2.01. The summed E-state index contributed by atoms with van der Waals surface area (Å²) in [6.45, 7) is 2.13. The van der Waals surface area contributed by atoms with Gasteiger partial charge in [-0.2, -0.15) is 0 Å². The SMILES string of the molecule is CN(CCCCC(=O)O)CCOc1ccc(F)cc1. The summed E-state index contributed by atoms with van der Waals surface area (Å²) < 4.78 is 18.1. The van der Waals surface area contributed by atoms with Crippen LogP contribution in [-0.2, 0) is 4.79 Å². The van der Waals surface area contributed by atoms with Gasteiger partial charge in [0.15, 0.2) is 0 Å². The number of carboxylic acid groups (broad SMARTS) is 1. The Morgan fingerprint density at radius 2 is 1.95 bits per heavy atom. The molecule has 1 N–H and O–H groups in total. The number of benzene rings is 1. The van der Waals surface area contributed by atoms with Crippen LogP contribution in [0.3, 0.4) is 0 Å². The van der Waals surface area contributed by atoms with Crippen molar-refractivity contribution in [2.45, 2.75) is 19.3 Å². The molecular weight excluding hydrogens is 249 g/mol. The highest BCUT2D eigenvalue weighted by atomic mass is 19.1. The predicted octanol–water partition coefficient (Wildman–Crippen LogP) is 2.39. The van der Waals surface area contributed by atoms with E-state index >= 15 is 0 Å². The summed E-state index contributed by atoms with van der Waals surface area (Å²) >= 11 is 0. The second-order valence-corrected chi connectivity index (χ2v) is 4.46. The van der Waals surface area contributed by atoms with Gasteiger partial charge < -0.3 is 14.7 Å². The Balaban J connectivity index is 2.08. The molecule has 0 atom stereocenters. The maximum atomic E-state index is 12.7. The van der Waals surface area contributed by atoms with Crippen LogP contribution in [0.5, 0.6) is 5.75 Å². The van der Waals surface area contributed by atoms with E-state index < -0.39 is 5.97 Å². The van der Waals surface area contributed by atoms with Crippen LogP contribution in [-0.4, -0.2) is 42.7 Å². The Labute approximate surface area is 112 Å². The molecule has 0 amide bonds. The topological polar surface area (TPSA) is 49.8 Å². The van der Waals surface area contributed by atoms with Crippen molar-refractivity contribution in [1.29, 1.82) is 0 Å². The van der Waals surface area contributed by atoms with E-state index in [1.54, 1.807) is 12.1 Å². The fourth-order valence-electron chi connectivity index (χ4n) is 1.62. The molecule has 0 bridgehead atoms. The molecule has 19 heavy (non-hydrogen) atoms. The number of hydrogen-bond acceptors (Lipinski definition) is 3. The molecular formula is C14H20FNO3. The molecule has 0 spiro atoms. The van der Waals surface area contributed by atoms with Gasteiger partial charge in [-0.25, -0.2) is 4.39 Å². The molecule has 106 valence electrons. The fraction of sp³-hybridized carbons (Fsp3) is 0.500. The van der Waals surface area contributed by atoms with Crippen molar-refractivity contribution in [2.24, 2.45) is 0 Å². The van der Waals surface area contributed by atoms with Crippen LogP contribution in [0.25, 0.3) is 0 Å². The first-order valence-corrected chi connectivity index (χ1v) is 6.36. The maximum Gasteiger partial charge on any atom is 0.303 e. The Morgan fingerprint density at radius 3 is 2.58 bits per heavy atom. The molecule has 0 aromatic heterocycles. The van der Waals surface area contributed by atoms with Gasteiger partial charge in [0.05, 0.1) is 0 Å². The van der Waals surface area contributed by atoms with Gasteiger partial charge in [-0.05, 0) is 50.7 Å². The minimum Gasteiger partial charge on any atom is -0.492 e. The number of unbranched alkanes of at least 4 members (excludes halogenated alkanes) is 1. The molecule has 0 heterocycles. The first-order chi connectivity index (χ1) is 9.08. The summed E-state index contributed by atoms with van der Waals surface area (Å²) in [4.78, 5) is 12.4. The number of aliphatic carboxylic acids is 1. The first-order valence-electron chi connectivity index (χ1n) is 6.36. The van der Waals surface area contributed by atoms with Gasteiger partial charge in [-0.3, -0.25) is 4.79 Å². The van der Waals surface area contributed by atoms with Crippen LogP contribution in [0.4, 0.5) is 4.39 Å². The molecule has 0 radical (unpaired) electrons. The Hall–Kier alpha value is -1.62. The van der Waals surface area contributed by atoms with E-state index in [4.69, 9.17) is 9.84 Å². The minimum absolute atomic E-state index is 0.222. The third kappa shape index (κ3) is 7.41. The summed E-state index contributed by atoms with van der Waals surface area (Å²) in [5, 5.41) is 8.51. The second-order valence-electron chi connectivity index (χ2n) is 4.46. The number of nitrogens with zero attached hydrogens (tertiary/aromatic N) is 1. The molecule has 0 fully saturated rings. The lowest BCUT2D eigenvalue weighted by molar-refractivity contribution is -0.137. The third-order valence-corrected chi connectivity index (χ3v) is 2.74. The molecule has 1 aromatic rings. The largest absolute Gasteiger partial charge is 0.492 e. The second kappa shape index (κ2) is 8.48. The van der Waals surface area contributed by atoms with Crippen molar-refractivity contribution in [3.05, 3.63) is 30.1 Å².